The predicted molar refractivity (Wildman–Crippen MR) is 94.8 cm³/mol. The first-order valence-electron chi connectivity index (χ1n) is 8.03. The van der Waals surface area contributed by atoms with Crippen molar-refractivity contribution in [3.8, 4) is 5.75 Å². The first-order valence-corrected chi connectivity index (χ1v) is 8.03. The molecule has 0 spiro atoms. The fourth-order valence-corrected chi connectivity index (χ4v) is 2.07. The van der Waals surface area contributed by atoms with Crippen molar-refractivity contribution in [1.29, 1.82) is 0 Å². The van der Waals surface area contributed by atoms with Gasteiger partial charge in [0.2, 0.25) is 0 Å². The second kappa shape index (κ2) is 11.0. The molecule has 0 amide bonds. The van der Waals surface area contributed by atoms with Crippen molar-refractivity contribution in [2.75, 3.05) is 0 Å². The molecule has 0 atom stereocenters. The van der Waals surface area contributed by atoms with Crippen LogP contribution < -0.4 is 56.1 Å². The Kier molecular flexibility index (Phi) is 9.75. The van der Waals surface area contributed by atoms with E-state index in [1.165, 1.54) is 12.1 Å². The van der Waals surface area contributed by atoms with Gasteiger partial charge in [-0.3, -0.25) is 0 Å². The average Bonchev–Trinajstić information content (AvgIpc) is 3.08. The van der Waals surface area contributed by atoms with Crippen LogP contribution in [0.1, 0.15) is 37.7 Å². The fraction of sp³-hybridized carbons (Fsp3) is 0.286. The van der Waals surface area contributed by atoms with Gasteiger partial charge in [0.05, 0.1) is 0 Å². The molecule has 0 fully saturated rings. The molecule has 26 heavy (non-hydrogen) atoms. The van der Waals surface area contributed by atoms with Gasteiger partial charge in [-0.2, -0.15) is 24.3 Å². The molecular weight excluding hydrogens is 356 g/mol. The van der Waals surface area contributed by atoms with Crippen LogP contribution in [0.5, 0.6) is 5.75 Å². The molecule has 0 aliphatic carbocycles. The Morgan fingerprint density at radius 1 is 1.15 bits per heavy atom. The molecule has 0 saturated carbocycles. The van der Waals surface area contributed by atoms with Gasteiger partial charge in [-0.25, -0.2) is 9.55 Å². The first kappa shape index (κ1) is 23.1. The summed E-state index contributed by atoms with van der Waals surface area (Å²) >= 11 is 0. The summed E-state index contributed by atoms with van der Waals surface area (Å²) in [5, 5.41) is 3.49. The number of hydrogen-bond acceptors (Lipinski definition) is 3. The van der Waals surface area contributed by atoms with Crippen LogP contribution in [0.15, 0.2) is 53.1 Å². The molecule has 0 radical (unpaired) electrons. The number of halogens is 1. The molecule has 2 aromatic carbocycles. The van der Waals surface area contributed by atoms with Crippen LogP contribution >= 0.6 is 0 Å². The van der Waals surface area contributed by atoms with Gasteiger partial charge in [-0.1, -0.05) is 26.8 Å². The molecule has 0 aliphatic rings. The van der Waals surface area contributed by atoms with Crippen molar-refractivity contribution >= 4 is 0 Å². The quantitative estimate of drug-likeness (QED) is 0.518. The second-order valence-electron chi connectivity index (χ2n) is 6.73. The second-order valence-corrected chi connectivity index (χ2v) is 6.73. The molecule has 5 heteroatoms. The van der Waals surface area contributed by atoms with E-state index >= 15 is 0 Å². The third-order valence-electron chi connectivity index (χ3n) is 3.33. The maximum absolute atomic E-state index is 13.1. The van der Waals surface area contributed by atoms with Crippen LogP contribution in [-0.4, -0.2) is 5.16 Å². The van der Waals surface area contributed by atoms with Gasteiger partial charge < -0.3 is 9.26 Å². The van der Waals surface area contributed by atoms with Gasteiger partial charge in [-0.05, 0) is 41.4 Å². The van der Waals surface area contributed by atoms with Crippen molar-refractivity contribution in [3.63, 3.8) is 0 Å². The summed E-state index contributed by atoms with van der Waals surface area (Å²) < 4.78 is 23.5. The molecular formula is C21H22FKNO2-. The fourth-order valence-electron chi connectivity index (χ4n) is 2.07. The van der Waals surface area contributed by atoms with Gasteiger partial charge in [0.25, 0.3) is 0 Å². The maximum atomic E-state index is 13.1. The van der Waals surface area contributed by atoms with E-state index < -0.39 is 0 Å². The summed E-state index contributed by atoms with van der Waals surface area (Å²) in [6.45, 7) is 8.46. The topological polar surface area (TPSA) is 35.3 Å². The number of ether oxygens (including phenoxy) is 1. The number of nitrogens with zero attached hydrogens (tertiary/aromatic N) is 1. The third-order valence-corrected chi connectivity index (χ3v) is 3.33. The summed E-state index contributed by atoms with van der Waals surface area (Å²) in [7, 11) is 0. The molecule has 3 rings (SSSR count). The van der Waals surface area contributed by atoms with E-state index in [9.17, 15) is 4.39 Å². The molecule has 3 aromatic rings. The Morgan fingerprint density at radius 3 is 2.35 bits per heavy atom. The minimum absolute atomic E-state index is 0. The Balaban J connectivity index is 0.000000290. The summed E-state index contributed by atoms with van der Waals surface area (Å²) in [5.41, 5.74) is 1.80. The van der Waals surface area contributed by atoms with Crippen LogP contribution in [0.25, 0.3) is 0 Å². The number of rotatable bonds is 3. The number of hydrogen-bond donors (Lipinski definition) is 0. The predicted octanol–water partition coefficient (Wildman–Crippen LogP) is 2.29. The SMILES string of the molecule is CC(C)(C)c1c[c-]no1.Cc1cc(F)cc(COc2cc[c-]cc2)c1.[K+]. The summed E-state index contributed by atoms with van der Waals surface area (Å²) in [6, 6.07) is 16.8. The molecule has 0 saturated heterocycles. The van der Waals surface area contributed by atoms with Crippen molar-refractivity contribution in [1.82, 2.24) is 5.16 Å². The van der Waals surface area contributed by atoms with Crippen molar-refractivity contribution in [3.05, 3.63) is 83.5 Å². The van der Waals surface area contributed by atoms with E-state index in [1.54, 1.807) is 18.2 Å². The Hall–Kier alpha value is -0.984. The van der Waals surface area contributed by atoms with Crippen molar-refractivity contribution in [2.24, 2.45) is 0 Å². The van der Waals surface area contributed by atoms with E-state index in [4.69, 9.17) is 9.26 Å². The zero-order valence-electron chi connectivity index (χ0n) is 16.0. The molecule has 0 N–H and O–H groups in total. The van der Waals surface area contributed by atoms with E-state index in [0.29, 0.717) is 6.61 Å². The number of benzene rings is 2. The van der Waals surface area contributed by atoms with Gasteiger partial charge in [0, 0.05) is 5.75 Å². The van der Waals surface area contributed by atoms with Crippen LogP contribution in [0, 0.1) is 25.0 Å². The smallest absolute Gasteiger partial charge is 0.514 e. The standard InChI is InChI=1S/C14H12FO.C7H10NO.K/c1-11-7-12(9-13(15)8-11)10-16-14-5-3-2-4-6-14;1-7(2,3)6-4-5-8-9-6;/h3-9H,10H2,1H3;4H,1-3H3;/q2*-1;+1. The average molecular weight is 379 g/mol. The maximum Gasteiger partial charge on any atom is 1.00 e. The van der Waals surface area contributed by atoms with Crippen LogP contribution in [0.3, 0.4) is 0 Å². The summed E-state index contributed by atoms with van der Waals surface area (Å²) in [4.78, 5) is 0. The van der Waals surface area contributed by atoms with E-state index in [1.807, 2.05) is 25.1 Å². The molecule has 1 aromatic heterocycles. The summed E-state index contributed by atoms with van der Waals surface area (Å²) in [6.07, 6.45) is 2.62. The molecule has 3 nitrogen and oxygen atoms in total. The van der Waals surface area contributed by atoms with E-state index in [-0.39, 0.29) is 62.6 Å². The zero-order valence-corrected chi connectivity index (χ0v) is 19.1. The number of aromatic nitrogens is 1. The Morgan fingerprint density at radius 2 is 1.85 bits per heavy atom. The van der Waals surface area contributed by atoms with E-state index in [2.05, 4.69) is 38.2 Å². The van der Waals surface area contributed by atoms with E-state index in [0.717, 1.165) is 22.6 Å². The van der Waals surface area contributed by atoms with Crippen LogP contribution in [-0.2, 0) is 12.0 Å². The normalized spacial score (nSPS) is 10.3. The monoisotopic (exact) mass is 378 g/mol. The Labute approximate surface area is 197 Å². The van der Waals surface area contributed by atoms with Gasteiger partial charge in [0.15, 0.2) is 0 Å². The minimum atomic E-state index is -0.222. The van der Waals surface area contributed by atoms with Crippen LogP contribution in [0.4, 0.5) is 4.39 Å². The Bertz CT molecular complexity index is 748. The molecule has 0 bridgehead atoms. The van der Waals surface area contributed by atoms with Crippen molar-refractivity contribution in [2.45, 2.75) is 39.7 Å². The summed E-state index contributed by atoms with van der Waals surface area (Å²) in [5.74, 6) is 1.42. The molecule has 0 unspecified atom stereocenters. The van der Waals surface area contributed by atoms with Gasteiger partial charge in [-0.15, -0.1) is 18.3 Å². The van der Waals surface area contributed by atoms with Crippen molar-refractivity contribution < 1.29 is 65.0 Å². The number of aryl methyl sites for hydroxylation is 1. The largest absolute Gasteiger partial charge is 1.00 e. The van der Waals surface area contributed by atoms with Gasteiger partial charge >= 0.3 is 51.4 Å². The molecule has 0 aliphatic heterocycles. The minimum Gasteiger partial charge on any atom is -0.514 e. The van der Waals surface area contributed by atoms with Crippen LogP contribution in [0.2, 0.25) is 0 Å². The van der Waals surface area contributed by atoms with Gasteiger partial charge in [0.1, 0.15) is 12.4 Å². The molecule has 1 heterocycles. The molecule has 132 valence electrons. The zero-order chi connectivity index (χ0) is 18.3. The third kappa shape index (κ3) is 8.14. The first-order chi connectivity index (χ1) is 11.8.